The normalized spacial score (nSPS) is 14.8. The Bertz CT molecular complexity index is 2610. The van der Waals surface area contributed by atoms with Crippen molar-refractivity contribution in [2.45, 2.75) is 67.8 Å². The number of rotatable bonds is 16. The van der Waals surface area contributed by atoms with Gasteiger partial charge in [-0.3, -0.25) is 0 Å². The lowest BCUT2D eigenvalue weighted by molar-refractivity contribution is -0.671. The lowest BCUT2D eigenvalue weighted by Crippen LogP contribution is -2.35. The molecule has 0 bridgehead atoms. The maximum absolute atomic E-state index is 2.44. The molecule has 4 heterocycles. The van der Waals surface area contributed by atoms with Gasteiger partial charge in [-0.05, 0) is 66.1 Å². The number of hydrogen-bond acceptors (Lipinski definition) is 4. The molecule has 0 amide bonds. The number of fused-ring (bicyclic) bond motifs is 4. The quantitative estimate of drug-likeness (QED) is 0.0713. The molecule has 4 aromatic carbocycles. The van der Waals surface area contributed by atoms with E-state index in [1.54, 1.807) is 0 Å². The zero-order chi connectivity index (χ0) is 43.7. The molecule has 6 aromatic rings. The molecule has 0 N–H and O–H groups in total. The van der Waals surface area contributed by atoms with E-state index in [4.69, 9.17) is 0 Å². The van der Waals surface area contributed by atoms with Crippen molar-refractivity contribution in [3.8, 4) is 0 Å². The van der Waals surface area contributed by atoms with Crippen molar-refractivity contribution in [3.05, 3.63) is 167 Å². The van der Waals surface area contributed by atoms with Crippen LogP contribution in [0.1, 0.15) is 56.1 Å². The van der Waals surface area contributed by atoms with Crippen molar-refractivity contribution in [2.24, 2.45) is 0 Å². The smallest absolute Gasteiger partial charge is 0.213 e. The van der Waals surface area contributed by atoms with Crippen LogP contribution in [0.15, 0.2) is 166 Å². The first kappa shape index (κ1) is 43.9. The number of aryl methyl sites for hydroxylation is 2. The molecule has 0 radical (unpaired) electrons. The average molecular weight is 871 g/mol. The molecular weight excluding hydrogens is 809 g/mol. The van der Waals surface area contributed by atoms with Gasteiger partial charge in [-0.1, -0.05) is 96.4 Å². The Hall–Kier alpha value is -5.70. The van der Waals surface area contributed by atoms with Crippen molar-refractivity contribution in [1.82, 2.24) is 0 Å². The van der Waals surface area contributed by atoms with Crippen LogP contribution in [0.25, 0.3) is 34.0 Å². The number of allylic oxidation sites excluding steroid dienone is 4. The van der Waals surface area contributed by atoms with Gasteiger partial charge in [0.25, 0.3) is 0 Å². The summed E-state index contributed by atoms with van der Waals surface area (Å²) in [6, 6.07) is 39.4. The molecule has 2 aromatic heterocycles. The lowest BCUT2D eigenvalue weighted by atomic mass is 10.0. The van der Waals surface area contributed by atoms with E-state index in [0.29, 0.717) is 0 Å². The maximum atomic E-state index is 2.44. The first-order valence-corrected chi connectivity index (χ1v) is 24.0. The number of hydrogen-bond donors (Lipinski definition) is 0. The Kier molecular flexibility index (Phi) is 14.4. The van der Waals surface area contributed by atoms with Crippen LogP contribution < -0.4 is 18.9 Å². The van der Waals surface area contributed by atoms with Crippen molar-refractivity contribution < 1.29 is 18.3 Å². The van der Waals surface area contributed by atoms with Gasteiger partial charge in [0.05, 0.1) is 32.2 Å². The fraction of sp³-hybridized carbons (Fsp3) is 0.273. The van der Waals surface area contributed by atoms with Crippen LogP contribution in [0.5, 0.6) is 0 Å². The van der Waals surface area contributed by atoms with E-state index in [1.165, 1.54) is 82.0 Å². The van der Waals surface area contributed by atoms with E-state index in [2.05, 4.69) is 228 Å². The Morgan fingerprint density at radius 1 is 0.508 bits per heavy atom. The fourth-order valence-electron chi connectivity index (χ4n) is 8.85. The van der Waals surface area contributed by atoms with E-state index in [0.717, 1.165) is 51.6 Å². The third kappa shape index (κ3) is 10.4. The first-order chi connectivity index (χ1) is 30.7. The van der Waals surface area contributed by atoms with Gasteiger partial charge in [0.2, 0.25) is 11.0 Å². The van der Waals surface area contributed by atoms with Crippen LogP contribution >= 0.6 is 23.5 Å². The SMILES string of the molecule is CN1C(=CC=Cc2cc[n+](CCCC(CCCC(CCC[n+]3ccc(C=CC=C4Sc5ccccc5N4C)c4ccccc43)=[N+](C)C)=[N+](C)C)c3ccccc23)Sc2ccccc21. The highest BCUT2D eigenvalue weighted by molar-refractivity contribution is 8.04. The van der Waals surface area contributed by atoms with Crippen LogP contribution in [0, 0.1) is 0 Å². The highest BCUT2D eigenvalue weighted by Crippen LogP contribution is 2.45. The molecule has 0 atom stereocenters. The van der Waals surface area contributed by atoms with E-state index in [9.17, 15) is 0 Å². The van der Waals surface area contributed by atoms with Gasteiger partial charge in [0.15, 0.2) is 23.8 Å². The molecule has 0 aliphatic carbocycles. The molecule has 0 fully saturated rings. The summed E-state index contributed by atoms with van der Waals surface area (Å²) in [6.45, 7) is 1.99. The second kappa shape index (κ2) is 20.7. The first-order valence-electron chi connectivity index (χ1n) is 22.4. The van der Waals surface area contributed by atoms with Crippen molar-refractivity contribution in [1.29, 1.82) is 0 Å². The zero-order valence-electron chi connectivity index (χ0n) is 37.9. The van der Waals surface area contributed by atoms with Gasteiger partial charge in [-0.2, -0.15) is 9.13 Å². The van der Waals surface area contributed by atoms with Gasteiger partial charge in [-0.25, -0.2) is 9.15 Å². The van der Waals surface area contributed by atoms with Crippen LogP contribution in [0.3, 0.4) is 0 Å². The van der Waals surface area contributed by atoms with Gasteiger partial charge in [0.1, 0.15) is 41.3 Å². The molecular formula is C55H62N6S2+4. The van der Waals surface area contributed by atoms with E-state index in [-0.39, 0.29) is 0 Å². The minimum atomic E-state index is 0.994. The van der Waals surface area contributed by atoms with Crippen LogP contribution in [-0.4, -0.2) is 62.9 Å². The monoisotopic (exact) mass is 870 g/mol. The molecule has 8 rings (SSSR count). The summed E-state index contributed by atoms with van der Waals surface area (Å²) in [5.41, 5.74) is 10.7. The molecule has 63 heavy (non-hydrogen) atoms. The zero-order valence-corrected chi connectivity index (χ0v) is 39.5. The number of anilines is 2. The highest BCUT2D eigenvalue weighted by atomic mass is 32.2. The van der Waals surface area contributed by atoms with Gasteiger partial charge in [-0.15, -0.1) is 0 Å². The fourth-order valence-corrected chi connectivity index (χ4v) is 11.0. The second-order valence-electron chi connectivity index (χ2n) is 16.9. The summed E-state index contributed by atoms with van der Waals surface area (Å²) in [6.07, 6.45) is 25.7. The predicted octanol–water partition coefficient (Wildman–Crippen LogP) is 11.6. The number of para-hydroxylation sites is 4. The predicted molar refractivity (Wildman–Crippen MR) is 270 cm³/mol. The van der Waals surface area contributed by atoms with E-state index in [1.807, 2.05) is 23.5 Å². The molecule has 0 saturated carbocycles. The van der Waals surface area contributed by atoms with Crippen LogP contribution in [0.2, 0.25) is 0 Å². The molecule has 0 spiro atoms. The number of aromatic nitrogens is 2. The topological polar surface area (TPSA) is 20.3 Å². The summed E-state index contributed by atoms with van der Waals surface area (Å²) in [5, 5.41) is 5.07. The third-order valence-corrected chi connectivity index (χ3v) is 14.8. The standard InChI is InChI=1S/C55H62N6S2/c1-56(2)44(24-18-38-60-40-36-42(46-26-7-9-28-48(46)60)20-15-34-54-58(5)50-30-11-13-32-52(50)62-54)22-17-23-45(57(3)4)25-19-39-61-41-37-43(47-27-8-10-29-49(47)61)21-16-35-55-59(6)51-31-12-14-33-53(51)63-55/h7-16,20-21,26-37,40-41H,17-19,22-25,38-39H2,1-6H3/q+4. The molecule has 2 aliphatic heterocycles. The van der Waals surface area contributed by atoms with Crippen LogP contribution in [0.4, 0.5) is 11.4 Å². The Labute approximate surface area is 383 Å². The third-order valence-electron chi connectivity index (χ3n) is 12.4. The van der Waals surface area contributed by atoms with Gasteiger partial charge >= 0.3 is 0 Å². The van der Waals surface area contributed by atoms with Crippen LogP contribution in [-0.2, 0) is 13.1 Å². The Balaban J connectivity index is 0.826. The largest absolute Gasteiger partial charge is 0.338 e. The molecule has 2 aliphatic rings. The van der Waals surface area contributed by atoms with Gasteiger partial charge in [0, 0.05) is 86.7 Å². The van der Waals surface area contributed by atoms with Crippen molar-refractivity contribution >= 4 is 80.3 Å². The average Bonchev–Trinajstić information content (AvgIpc) is 3.80. The Morgan fingerprint density at radius 2 is 0.905 bits per heavy atom. The summed E-state index contributed by atoms with van der Waals surface area (Å²) >= 11 is 3.66. The maximum Gasteiger partial charge on any atom is 0.213 e. The summed E-state index contributed by atoms with van der Waals surface area (Å²) in [5.74, 6) is 0. The summed E-state index contributed by atoms with van der Waals surface area (Å²) in [4.78, 5) is 7.17. The van der Waals surface area contributed by atoms with Gasteiger partial charge < -0.3 is 9.80 Å². The Morgan fingerprint density at radius 3 is 1.33 bits per heavy atom. The second-order valence-corrected chi connectivity index (χ2v) is 19.1. The highest BCUT2D eigenvalue weighted by Gasteiger charge is 2.22. The molecule has 6 nitrogen and oxygen atoms in total. The number of benzene rings is 4. The minimum absolute atomic E-state index is 0.994. The molecule has 0 unspecified atom stereocenters. The van der Waals surface area contributed by atoms with E-state index >= 15 is 0 Å². The number of thioether (sulfide) groups is 2. The lowest BCUT2D eigenvalue weighted by Gasteiger charge is -2.12. The number of pyridine rings is 2. The number of nitrogens with zero attached hydrogens (tertiary/aromatic N) is 6. The molecule has 320 valence electrons. The van der Waals surface area contributed by atoms with E-state index < -0.39 is 0 Å². The molecule has 8 heteroatoms. The molecule has 0 saturated heterocycles. The van der Waals surface area contributed by atoms with Crippen molar-refractivity contribution in [2.75, 3.05) is 52.1 Å². The summed E-state index contributed by atoms with van der Waals surface area (Å²) < 4.78 is 9.60. The van der Waals surface area contributed by atoms with Crippen molar-refractivity contribution in [3.63, 3.8) is 0 Å². The summed E-state index contributed by atoms with van der Waals surface area (Å²) in [7, 11) is 13.2. The minimum Gasteiger partial charge on any atom is -0.338 e.